The van der Waals surface area contributed by atoms with Gasteiger partial charge in [-0.15, -0.1) is 11.3 Å². The Kier molecular flexibility index (Phi) is 4.48. The molecule has 1 aliphatic rings. The average Bonchev–Trinajstić information content (AvgIpc) is 2.89. The molecule has 106 valence electrons. The first-order chi connectivity index (χ1) is 9.83. The average molecular weight is 289 g/mol. The first-order valence-electron chi connectivity index (χ1n) is 7.35. The van der Waals surface area contributed by atoms with E-state index in [1.165, 1.54) is 36.1 Å². The van der Waals surface area contributed by atoms with E-state index in [4.69, 9.17) is 0 Å². The van der Waals surface area contributed by atoms with Gasteiger partial charge in [0.2, 0.25) is 0 Å². The molecule has 0 saturated carbocycles. The molecule has 0 spiro atoms. The molecule has 0 N–H and O–H groups in total. The van der Waals surface area contributed by atoms with Crippen molar-refractivity contribution < 1.29 is 4.39 Å². The predicted octanol–water partition coefficient (Wildman–Crippen LogP) is 5.00. The molecule has 3 rings (SSSR count). The van der Waals surface area contributed by atoms with Crippen LogP contribution in [-0.2, 0) is 6.54 Å². The summed E-state index contributed by atoms with van der Waals surface area (Å²) in [6, 6.07) is 11.9. The molecule has 1 saturated heterocycles. The maximum Gasteiger partial charge on any atom is 0.123 e. The highest BCUT2D eigenvalue weighted by molar-refractivity contribution is 7.10. The first-order valence-corrected chi connectivity index (χ1v) is 8.23. The van der Waals surface area contributed by atoms with Crippen molar-refractivity contribution in [2.45, 2.75) is 38.3 Å². The van der Waals surface area contributed by atoms with Crippen LogP contribution in [0.3, 0.4) is 0 Å². The van der Waals surface area contributed by atoms with Crippen LogP contribution in [0, 0.1) is 5.82 Å². The number of thiophene rings is 1. The van der Waals surface area contributed by atoms with Gasteiger partial charge in [-0.05, 0) is 48.5 Å². The highest BCUT2D eigenvalue weighted by Gasteiger charge is 2.23. The second kappa shape index (κ2) is 6.51. The molecule has 2 aromatic rings. The first kappa shape index (κ1) is 13.8. The van der Waals surface area contributed by atoms with E-state index in [-0.39, 0.29) is 5.82 Å². The van der Waals surface area contributed by atoms with Gasteiger partial charge in [0, 0.05) is 17.5 Å². The molecule has 1 nitrogen and oxygen atoms in total. The minimum absolute atomic E-state index is 0.153. The molecular weight excluding hydrogens is 269 g/mol. The highest BCUT2D eigenvalue weighted by atomic mass is 32.1. The van der Waals surface area contributed by atoms with Crippen molar-refractivity contribution in [2.24, 2.45) is 0 Å². The molecule has 3 heteroatoms. The van der Waals surface area contributed by atoms with Crippen molar-refractivity contribution in [1.82, 2.24) is 4.90 Å². The zero-order chi connectivity index (χ0) is 13.8. The van der Waals surface area contributed by atoms with Crippen LogP contribution >= 0.6 is 11.3 Å². The lowest BCUT2D eigenvalue weighted by atomic mass is 10.1. The Hall–Kier alpha value is -1.19. The van der Waals surface area contributed by atoms with Gasteiger partial charge in [0.05, 0.1) is 0 Å². The van der Waals surface area contributed by atoms with Gasteiger partial charge in [0.15, 0.2) is 0 Å². The Morgan fingerprint density at radius 1 is 1.10 bits per heavy atom. The molecule has 0 radical (unpaired) electrons. The summed E-state index contributed by atoms with van der Waals surface area (Å²) in [5.74, 6) is -0.153. The largest absolute Gasteiger partial charge is 0.291 e. The molecular formula is C17H20FNS. The van der Waals surface area contributed by atoms with Gasteiger partial charge in [-0.25, -0.2) is 4.39 Å². The summed E-state index contributed by atoms with van der Waals surface area (Å²) in [5.41, 5.74) is 1.20. The van der Waals surface area contributed by atoms with Crippen molar-refractivity contribution in [3.63, 3.8) is 0 Å². The van der Waals surface area contributed by atoms with Gasteiger partial charge in [0.1, 0.15) is 5.82 Å². The summed E-state index contributed by atoms with van der Waals surface area (Å²) < 4.78 is 13.0. The van der Waals surface area contributed by atoms with Crippen molar-refractivity contribution in [3.8, 4) is 0 Å². The Balaban J connectivity index is 1.78. The summed E-state index contributed by atoms with van der Waals surface area (Å²) >= 11 is 1.85. The van der Waals surface area contributed by atoms with Crippen molar-refractivity contribution in [1.29, 1.82) is 0 Å². The summed E-state index contributed by atoms with van der Waals surface area (Å²) in [5, 5.41) is 2.16. The lowest BCUT2D eigenvalue weighted by Gasteiger charge is -2.29. The van der Waals surface area contributed by atoms with Crippen LogP contribution in [0.5, 0.6) is 0 Å². The third-order valence-electron chi connectivity index (χ3n) is 4.03. The molecule has 2 heterocycles. The van der Waals surface area contributed by atoms with Crippen LogP contribution in [0.4, 0.5) is 4.39 Å². The van der Waals surface area contributed by atoms with Gasteiger partial charge in [0.25, 0.3) is 0 Å². The minimum atomic E-state index is -0.153. The predicted molar refractivity (Wildman–Crippen MR) is 82.3 cm³/mol. The van der Waals surface area contributed by atoms with E-state index in [1.807, 2.05) is 23.5 Å². The number of hydrogen-bond donors (Lipinski definition) is 0. The Morgan fingerprint density at radius 2 is 1.95 bits per heavy atom. The van der Waals surface area contributed by atoms with E-state index < -0.39 is 0 Å². The van der Waals surface area contributed by atoms with Crippen LogP contribution in [-0.4, -0.2) is 11.4 Å². The van der Waals surface area contributed by atoms with E-state index >= 15 is 0 Å². The maximum atomic E-state index is 13.0. The van der Waals surface area contributed by atoms with Gasteiger partial charge >= 0.3 is 0 Å². The number of halogens is 1. The third kappa shape index (κ3) is 3.28. The van der Waals surface area contributed by atoms with Gasteiger partial charge in [-0.1, -0.05) is 31.0 Å². The zero-order valence-electron chi connectivity index (χ0n) is 11.6. The van der Waals surface area contributed by atoms with E-state index in [0.29, 0.717) is 6.04 Å². The normalized spacial score (nSPS) is 20.8. The fourth-order valence-electron chi connectivity index (χ4n) is 2.98. The van der Waals surface area contributed by atoms with Gasteiger partial charge in [-0.2, -0.15) is 0 Å². The van der Waals surface area contributed by atoms with Gasteiger partial charge < -0.3 is 0 Å². The number of rotatable bonds is 3. The Labute approximate surface area is 124 Å². The molecule has 1 aromatic heterocycles. The summed E-state index contributed by atoms with van der Waals surface area (Å²) in [7, 11) is 0. The molecule has 0 bridgehead atoms. The SMILES string of the molecule is Fc1ccc(CN2CCCCC[C@H]2c2cccs2)cc1. The lowest BCUT2D eigenvalue weighted by Crippen LogP contribution is -2.27. The fourth-order valence-corrected chi connectivity index (χ4v) is 3.88. The van der Waals surface area contributed by atoms with E-state index in [0.717, 1.165) is 13.1 Å². The number of benzene rings is 1. The molecule has 0 unspecified atom stereocenters. The third-order valence-corrected chi connectivity index (χ3v) is 5.01. The summed E-state index contributed by atoms with van der Waals surface area (Å²) in [6.07, 6.45) is 5.13. The van der Waals surface area contributed by atoms with E-state index in [2.05, 4.69) is 22.4 Å². The van der Waals surface area contributed by atoms with E-state index in [1.54, 1.807) is 12.1 Å². The smallest absolute Gasteiger partial charge is 0.123 e. The van der Waals surface area contributed by atoms with Crippen molar-refractivity contribution in [3.05, 3.63) is 58.0 Å². The highest BCUT2D eigenvalue weighted by Crippen LogP contribution is 2.33. The van der Waals surface area contributed by atoms with Crippen molar-refractivity contribution in [2.75, 3.05) is 6.54 Å². The van der Waals surface area contributed by atoms with E-state index in [9.17, 15) is 4.39 Å². The van der Waals surface area contributed by atoms with Crippen molar-refractivity contribution >= 4 is 11.3 Å². The second-order valence-corrected chi connectivity index (χ2v) is 6.46. The number of hydrogen-bond acceptors (Lipinski definition) is 2. The lowest BCUT2D eigenvalue weighted by molar-refractivity contribution is 0.195. The number of likely N-dealkylation sites (tertiary alicyclic amines) is 1. The van der Waals surface area contributed by atoms with Crippen LogP contribution in [0.1, 0.15) is 42.2 Å². The Bertz CT molecular complexity index is 520. The van der Waals surface area contributed by atoms with Crippen LogP contribution in [0.2, 0.25) is 0 Å². The Morgan fingerprint density at radius 3 is 2.70 bits per heavy atom. The molecule has 1 atom stereocenters. The summed E-state index contributed by atoms with van der Waals surface area (Å²) in [4.78, 5) is 4.03. The molecule has 0 aliphatic carbocycles. The molecule has 20 heavy (non-hydrogen) atoms. The van der Waals surface area contributed by atoms with Gasteiger partial charge in [-0.3, -0.25) is 4.90 Å². The van der Waals surface area contributed by atoms with Crippen LogP contribution in [0.15, 0.2) is 41.8 Å². The molecule has 1 aromatic carbocycles. The maximum absolute atomic E-state index is 13.0. The topological polar surface area (TPSA) is 3.24 Å². The monoisotopic (exact) mass is 289 g/mol. The molecule has 1 aliphatic heterocycles. The quantitative estimate of drug-likeness (QED) is 0.768. The number of nitrogens with zero attached hydrogens (tertiary/aromatic N) is 1. The standard InChI is InChI=1S/C17H20FNS/c18-15-9-7-14(8-10-15)13-19-11-3-1-2-5-16(19)17-6-4-12-20-17/h4,6-10,12,16H,1-3,5,11,13H2/t16-/m0/s1. The second-order valence-electron chi connectivity index (χ2n) is 5.48. The summed E-state index contributed by atoms with van der Waals surface area (Å²) in [6.45, 7) is 2.06. The molecule has 0 amide bonds. The minimum Gasteiger partial charge on any atom is -0.291 e. The van der Waals surface area contributed by atoms with Crippen LogP contribution < -0.4 is 0 Å². The zero-order valence-corrected chi connectivity index (χ0v) is 12.4. The molecule has 1 fully saturated rings. The fraction of sp³-hybridized carbons (Fsp3) is 0.412. The van der Waals surface area contributed by atoms with Crippen LogP contribution in [0.25, 0.3) is 0 Å².